The Labute approximate surface area is 45.4 Å². The van der Waals surface area contributed by atoms with E-state index >= 15 is 0 Å². The Hall–Kier alpha value is -0.670. The molecule has 1 radical (unpaired) electrons. The van der Waals surface area contributed by atoms with Crippen molar-refractivity contribution in [2.45, 2.75) is 6.92 Å². The zero-order valence-corrected chi connectivity index (χ0v) is 4.28. The maximum absolute atomic E-state index is 11.1. The Morgan fingerprint density at radius 1 is 1.62 bits per heavy atom. The van der Waals surface area contributed by atoms with E-state index in [0.717, 1.165) is 0 Å². The van der Waals surface area contributed by atoms with Gasteiger partial charge in [0.05, 0.1) is 6.61 Å². The minimum atomic E-state index is -2.30. The normalized spacial score (nSPS) is 9.50. The van der Waals surface area contributed by atoms with E-state index in [-0.39, 0.29) is 6.61 Å². The van der Waals surface area contributed by atoms with Gasteiger partial charge in [-0.15, -0.1) is 0 Å². The molecule has 0 aromatic heterocycles. The molecule has 0 fully saturated rings. The highest BCUT2D eigenvalue weighted by atomic mass is 19.3. The van der Waals surface area contributed by atoms with Crippen LogP contribution >= 0.6 is 0 Å². The number of ether oxygens (including phenoxy) is 1. The molecule has 0 aliphatic carbocycles. The molecule has 0 saturated heterocycles. The molecule has 0 rings (SSSR count). The molecule has 0 atom stereocenters. The third-order valence-corrected chi connectivity index (χ3v) is 0.430. The number of halogens is 2. The van der Waals surface area contributed by atoms with Crippen molar-refractivity contribution >= 4 is 5.97 Å². The van der Waals surface area contributed by atoms with Gasteiger partial charge in [0.2, 0.25) is 0 Å². The summed E-state index contributed by atoms with van der Waals surface area (Å²) in [6, 6.07) is 0. The highest BCUT2D eigenvalue weighted by molar-refractivity contribution is 5.80. The third kappa shape index (κ3) is 2.49. The zero-order valence-electron chi connectivity index (χ0n) is 4.28. The second-order valence-corrected chi connectivity index (χ2v) is 0.981. The van der Waals surface area contributed by atoms with Gasteiger partial charge in [0, 0.05) is 0 Å². The minimum absolute atomic E-state index is 0.0177. The maximum Gasteiger partial charge on any atom is 0.415 e. The van der Waals surface area contributed by atoms with Crippen LogP contribution in [-0.4, -0.2) is 12.6 Å². The smallest absolute Gasteiger partial charge is 0.415 e. The summed E-state index contributed by atoms with van der Waals surface area (Å²) in [5.74, 6) is -1.53. The Balaban J connectivity index is 3.33. The fourth-order valence-corrected chi connectivity index (χ4v) is 0.186. The highest BCUT2D eigenvalue weighted by Gasteiger charge is 2.18. The van der Waals surface area contributed by atoms with Gasteiger partial charge in [0.1, 0.15) is 0 Å². The molecule has 2 nitrogen and oxygen atoms in total. The number of carbonyl (C=O) groups is 1. The van der Waals surface area contributed by atoms with E-state index in [0.29, 0.717) is 0 Å². The Bertz CT molecular complexity index is 82.1. The lowest BCUT2D eigenvalue weighted by Gasteiger charge is -1.94. The molecule has 0 heterocycles. The zero-order chi connectivity index (χ0) is 6.57. The quantitative estimate of drug-likeness (QED) is 0.511. The van der Waals surface area contributed by atoms with Gasteiger partial charge in [-0.2, -0.15) is 8.78 Å². The fraction of sp³-hybridized carbons (Fsp3) is 0.500. The topological polar surface area (TPSA) is 26.3 Å². The number of esters is 1. The summed E-state index contributed by atoms with van der Waals surface area (Å²) in [6.07, 6.45) is -2.30. The van der Waals surface area contributed by atoms with Crippen LogP contribution in [0.2, 0.25) is 0 Å². The SMILES string of the molecule is CCOC(=O)[C](F)F. The van der Waals surface area contributed by atoms with Gasteiger partial charge >= 0.3 is 12.4 Å². The molecular weight excluding hydrogens is 118 g/mol. The number of hydrogen-bond acceptors (Lipinski definition) is 2. The maximum atomic E-state index is 11.1. The van der Waals surface area contributed by atoms with Gasteiger partial charge in [-0.25, -0.2) is 4.79 Å². The second kappa shape index (κ2) is 3.35. The minimum Gasteiger partial charge on any atom is -0.461 e. The first kappa shape index (κ1) is 7.33. The van der Waals surface area contributed by atoms with E-state index in [1.807, 2.05) is 0 Å². The summed E-state index contributed by atoms with van der Waals surface area (Å²) in [5.41, 5.74) is 0. The largest absolute Gasteiger partial charge is 0.461 e. The number of carbonyl (C=O) groups excluding carboxylic acids is 1. The fourth-order valence-electron chi connectivity index (χ4n) is 0.186. The Kier molecular flexibility index (Phi) is 3.07. The van der Waals surface area contributed by atoms with Crippen LogP contribution < -0.4 is 0 Å². The van der Waals surface area contributed by atoms with Crippen molar-refractivity contribution in [2.75, 3.05) is 6.61 Å². The van der Waals surface area contributed by atoms with E-state index < -0.39 is 12.4 Å². The number of rotatable bonds is 2. The first-order valence-corrected chi connectivity index (χ1v) is 2.03. The molecule has 0 saturated carbocycles. The van der Waals surface area contributed by atoms with Crippen molar-refractivity contribution in [1.82, 2.24) is 0 Å². The monoisotopic (exact) mass is 123 g/mol. The van der Waals surface area contributed by atoms with Crippen molar-refractivity contribution in [1.29, 1.82) is 0 Å². The molecule has 0 aliphatic heterocycles. The summed E-state index contributed by atoms with van der Waals surface area (Å²) in [5, 5.41) is 0. The molecular formula is C4H5F2O2. The van der Waals surface area contributed by atoms with Crippen LogP contribution in [0.15, 0.2) is 0 Å². The molecule has 47 valence electrons. The highest BCUT2D eigenvalue weighted by Crippen LogP contribution is 2.03. The predicted molar refractivity (Wildman–Crippen MR) is 22.1 cm³/mol. The van der Waals surface area contributed by atoms with Crippen LogP contribution in [0.25, 0.3) is 0 Å². The van der Waals surface area contributed by atoms with Gasteiger partial charge in [-0.05, 0) is 6.92 Å². The second-order valence-electron chi connectivity index (χ2n) is 0.981. The van der Waals surface area contributed by atoms with Gasteiger partial charge in [-0.1, -0.05) is 0 Å². The van der Waals surface area contributed by atoms with E-state index in [1.165, 1.54) is 6.92 Å². The molecule has 0 N–H and O–H groups in total. The van der Waals surface area contributed by atoms with E-state index in [2.05, 4.69) is 4.74 Å². The summed E-state index contributed by atoms with van der Waals surface area (Å²) < 4.78 is 26.0. The Morgan fingerprint density at radius 2 is 2.12 bits per heavy atom. The van der Waals surface area contributed by atoms with Crippen molar-refractivity contribution in [3.63, 3.8) is 0 Å². The first-order chi connectivity index (χ1) is 3.68. The predicted octanol–water partition coefficient (Wildman–Crippen LogP) is 0.978. The molecule has 0 aliphatic rings. The third-order valence-electron chi connectivity index (χ3n) is 0.430. The molecule has 0 bridgehead atoms. The molecule has 0 aromatic rings. The molecule has 0 spiro atoms. The summed E-state index contributed by atoms with van der Waals surface area (Å²) in [4.78, 5) is 9.73. The van der Waals surface area contributed by atoms with E-state index in [4.69, 9.17) is 0 Å². The standard InChI is InChI=1S/C4H5F2O2/c1-2-8-4(7)3(5)6/h2H2,1H3. The lowest BCUT2D eigenvalue weighted by atomic mass is 10.7. The van der Waals surface area contributed by atoms with Crippen molar-refractivity contribution < 1.29 is 18.3 Å². The van der Waals surface area contributed by atoms with Crippen LogP contribution in [-0.2, 0) is 9.53 Å². The lowest BCUT2D eigenvalue weighted by Crippen LogP contribution is -2.06. The van der Waals surface area contributed by atoms with Crippen molar-refractivity contribution in [2.24, 2.45) is 0 Å². The summed E-state index contributed by atoms with van der Waals surface area (Å²) in [6.45, 7) is 1.44. The lowest BCUT2D eigenvalue weighted by molar-refractivity contribution is -0.147. The van der Waals surface area contributed by atoms with Crippen molar-refractivity contribution in [3.05, 3.63) is 6.43 Å². The first-order valence-electron chi connectivity index (χ1n) is 2.03. The van der Waals surface area contributed by atoms with Crippen molar-refractivity contribution in [3.8, 4) is 0 Å². The number of hydrogen-bond donors (Lipinski definition) is 0. The molecule has 0 unspecified atom stereocenters. The van der Waals surface area contributed by atoms with Gasteiger partial charge in [0.25, 0.3) is 0 Å². The molecule has 4 heteroatoms. The van der Waals surface area contributed by atoms with E-state index in [9.17, 15) is 13.6 Å². The summed E-state index contributed by atoms with van der Waals surface area (Å²) in [7, 11) is 0. The van der Waals surface area contributed by atoms with Crippen LogP contribution in [0.1, 0.15) is 6.92 Å². The average molecular weight is 123 g/mol. The average Bonchev–Trinajstić information content (AvgIpc) is 1.67. The van der Waals surface area contributed by atoms with Crippen LogP contribution in [0.4, 0.5) is 8.78 Å². The van der Waals surface area contributed by atoms with Crippen LogP contribution in [0.5, 0.6) is 0 Å². The van der Waals surface area contributed by atoms with Gasteiger partial charge in [-0.3, -0.25) is 0 Å². The summed E-state index contributed by atoms with van der Waals surface area (Å²) >= 11 is 0. The van der Waals surface area contributed by atoms with Crippen LogP contribution in [0.3, 0.4) is 0 Å². The molecule has 8 heavy (non-hydrogen) atoms. The van der Waals surface area contributed by atoms with Gasteiger partial charge < -0.3 is 4.74 Å². The molecule has 0 amide bonds. The Morgan fingerprint density at radius 3 is 2.25 bits per heavy atom. The van der Waals surface area contributed by atoms with E-state index in [1.54, 1.807) is 0 Å². The van der Waals surface area contributed by atoms with Crippen LogP contribution in [0, 0.1) is 6.43 Å². The molecule has 0 aromatic carbocycles. The van der Waals surface area contributed by atoms with Gasteiger partial charge in [0.15, 0.2) is 0 Å².